The van der Waals surface area contributed by atoms with E-state index in [2.05, 4.69) is 16.5 Å². The van der Waals surface area contributed by atoms with Gasteiger partial charge in [0.15, 0.2) is 4.96 Å². The fourth-order valence-corrected chi connectivity index (χ4v) is 4.78. The number of nitrogens with zero attached hydrogens (tertiary/aromatic N) is 2. The molecule has 0 amide bonds. The molecule has 4 heteroatoms. The van der Waals surface area contributed by atoms with Gasteiger partial charge in [0.2, 0.25) is 0 Å². The molecule has 0 bridgehead atoms. The molecule has 0 radical (unpaired) electrons. The molecule has 0 saturated heterocycles. The minimum Gasteiger partial charge on any atom is -0.497 e. The van der Waals surface area contributed by atoms with Crippen LogP contribution in [0, 0.1) is 0 Å². The number of benzene rings is 1. The Labute approximate surface area is 120 Å². The number of imidazole rings is 1. The maximum Gasteiger partial charge on any atom is 0.194 e. The molecule has 0 unspecified atom stereocenters. The molecule has 3 nitrogen and oxygen atoms in total. The topological polar surface area (TPSA) is 26.5 Å². The first kappa shape index (κ1) is 10.9. The largest absolute Gasteiger partial charge is 0.497 e. The number of hydrogen-bond acceptors (Lipinski definition) is 3. The zero-order chi connectivity index (χ0) is 13.3. The molecular weight excluding hydrogens is 268 g/mol. The summed E-state index contributed by atoms with van der Waals surface area (Å²) < 4.78 is 7.78. The van der Waals surface area contributed by atoms with E-state index in [4.69, 9.17) is 9.72 Å². The van der Waals surface area contributed by atoms with Gasteiger partial charge >= 0.3 is 0 Å². The molecule has 2 aliphatic carbocycles. The first-order chi connectivity index (χ1) is 9.85. The summed E-state index contributed by atoms with van der Waals surface area (Å²) in [7, 11) is 1.72. The average Bonchev–Trinajstić information content (AvgIpc) is 3.15. The van der Waals surface area contributed by atoms with Gasteiger partial charge in [-0.1, -0.05) is 6.07 Å². The lowest BCUT2D eigenvalue weighted by atomic mass is 10.1. The fraction of sp³-hybridized carbons (Fsp3) is 0.312. The van der Waals surface area contributed by atoms with Gasteiger partial charge in [0.05, 0.1) is 18.5 Å². The Bertz CT molecular complexity index is 859. The summed E-state index contributed by atoms with van der Waals surface area (Å²) in [6.07, 6.45) is 4.74. The summed E-state index contributed by atoms with van der Waals surface area (Å²) in [6, 6.07) is 6.35. The van der Waals surface area contributed by atoms with Crippen molar-refractivity contribution in [3.63, 3.8) is 0 Å². The van der Waals surface area contributed by atoms with E-state index in [9.17, 15) is 0 Å². The minimum absolute atomic E-state index is 0.915. The predicted octanol–water partition coefficient (Wildman–Crippen LogP) is 3.46. The van der Waals surface area contributed by atoms with Crippen molar-refractivity contribution in [3.05, 3.63) is 40.0 Å². The molecular formula is C16H14N2OS. The van der Waals surface area contributed by atoms with Gasteiger partial charge in [0, 0.05) is 22.6 Å². The standard InChI is InChI=1S/C16H14N2OS/c1-19-10-6-5-9-7-13-15(11(9)8-10)17-16-18(13)12-3-2-4-14(12)20-16/h5-6,8H,2-4,7H2,1H3. The number of hydrogen-bond donors (Lipinski definition) is 0. The van der Waals surface area contributed by atoms with Crippen molar-refractivity contribution in [2.75, 3.05) is 7.11 Å². The van der Waals surface area contributed by atoms with Crippen LogP contribution in [0.4, 0.5) is 0 Å². The van der Waals surface area contributed by atoms with E-state index < -0.39 is 0 Å². The van der Waals surface area contributed by atoms with Crippen LogP contribution in [0.1, 0.15) is 28.2 Å². The van der Waals surface area contributed by atoms with E-state index in [-0.39, 0.29) is 0 Å². The van der Waals surface area contributed by atoms with Crippen LogP contribution in [0.3, 0.4) is 0 Å². The maximum absolute atomic E-state index is 5.35. The highest BCUT2D eigenvalue weighted by atomic mass is 32.1. The zero-order valence-electron chi connectivity index (χ0n) is 11.3. The van der Waals surface area contributed by atoms with Crippen LogP contribution in [0.25, 0.3) is 16.2 Å². The summed E-state index contributed by atoms with van der Waals surface area (Å²) in [4.78, 5) is 7.62. The highest BCUT2D eigenvalue weighted by Gasteiger charge is 2.29. The molecule has 20 heavy (non-hydrogen) atoms. The van der Waals surface area contributed by atoms with Crippen molar-refractivity contribution in [3.8, 4) is 17.0 Å². The Morgan fingerprint density at radius 1 is 1.25 bits per heavy atom. The van der Waals surface area contributed by atoms with Gasteiger partial charge in [0.1, 0.15) is 5.75 Å². The third-order valence-electron chi connectivity index (χ3n) is 4.50. The lowest BCUT2D eigenvalue weighted by Gasteiger charge is -2.03. The number of thiazole rings is 1. The second-order valence-electron chi connectivity index (χ2n) is 5.55. The molecule has 2 heterocycles. The molecule has 100 valence electrons. The number of aryl methyl sites for hydroxylation is 2. The van der Waals surface area contributed by atoms with Gasteiger partial charge in [-0.3, -0.25) is 4.40 Å². The third kappa shape index (κ3) is 1.23. The Morgan fingerprint density at radius 3 is 3.10 bits per heavy atom. The van der Waals surface area contributed by atoms with Crippen LogP contribution in [0.15, 0.2) is 18.2 Å². The maximum atomic E-state index is 5.35. The smallest absolute Gasteiger partial charge is 0.194 e. The van der Waals surface area contributed by atoms with Gasteiger partial charge in [-0.25, -0.2) is 4.98 Å². The van der Waals surface area contributed by atoms with Crippen molar-refractivity contribution in [2.24, 2.45) is 0 Å². The lowest BCUT2D eigenvalue weighted by Crippen LogP contribution is -1.94. The Balaban J connectivity index is 1.79. The van der Waals surface area contributed by atoms with Crippen molar-refractivity contribution >= 4 is 16.3 Å². The summed E-state index contributed by atoms with van der Waals surface area (Å²) in [5.74, 6) is 0.915. The summed E-state index contributed by atoms with van der Waals surface area (Å²) in [5.41, 5.74) is 6.68. The molecule has 5 rings (SSSR count). The van der Waals surface area contributed by atoms with E-state index in [1.54, 1.807) is 12.0 Å². The predicted molar refractivity (Wildman–Crippen MR) is 79.9 cm³/mol. The van der Waals surface area contributed by atoms with E-state index in [1.165, 1.54) is 52.4 Å². The number of ether oxygens (including phenoxy) is 1. The van der Waals surface area contributed by atoms with E-state index in [1.807, 2.05) is 17.4 Å². The van der Waals surface area contributed by atoms with E-state index in [0.29, 0.717) is 0 Å². The van der Waals surface area contributed by atoms with Crippen LogP contribution in [-0.2, 0) is 19.3 Å². The molecule has 0 aliphatic heterocycles. The average molecular weight is 282 g/mol. The second-order valence-corrected chi connectivity index (χ2v) is 6.61. The highest BCUT2D eigenvalue weighted by Crippen LogP contribution is 2.42. The Hall–Kier alpha value is -1.81. The van der Waals surface area contributed by atoms with Gasteiger partial charge < -0.3 is 4.74 Å². The Morgan fingerprint density at radius 2 is 2.20 bits per heavy atom. The van der Waals surface area contributed by atoms with Gasteiger partial charge in [-0.2, -0.15) is 0 Å². The van der Waals surface area contributed by atoms with Gasteiger partial charge in [-0.05, 0) is 37.0 Å². The summed E-state index contributed by atoms with van der Waals surface area (Å²) in [5, 5.41) is 0. The van der Waals surface area contributed by atoms with Gasteiger partial charge in [0.25, 0.3) is 0 Å². The fourth-order valence-electron chi connectivity index (χ4n) is 3.55. The number of rotatable bonds is 1. The zero-order valence-corrected chi connectivity index (χ0v) is 12.1. The first-order valence-electron chi connectivity index (χ1n) is 7.04. The van der Waals surface area contributed by atoms with Gasteiger partial charge in [-0.15, -0.1) is 11.3 Å². The van der Waals surface area contributed by atoms with Crippen molar-refractivity contribution in [2.45, 2.75) is 25.7 Å². The van der Waals surface area contributed by atoms with Crippen LogP contribution in [-0.4, -0.2) is 16.5 Å². The molecule has 0 atom stereocenters. The molecule has 2 aromatic heterocycles. The number of aromatic nitrogens is 2. The van der Waals surface area contributed by atoms with Crippen molar-refractivity contribution in [1.29, 1.82) is 0 Å². The molecule has 0 spiro atoms. The normalized spacial score (nSPS) is 15.4. The number of methoxy groups -OCH3 is 1. The van der Waals surface area contributed by atoms with E-state index >= 15 is 0 Å². The second kappa shape index (κ2) is 3.64. The van der Waals surface area contributed by atoms with Crippen LogP contribution >= 0.6 is 11.3 Å². The first-order valence-corrected chi connectivity index (χ1v) is 7.86. The van der Waals surface area contributed by atoms with Crippen LogP contribution in [0.5, 0.6) is 5.75 Å². The van der Waals surface area contributed by atoms with Crippen LogP contribution < -0.4 is 4.74 Å². The quantitative estimate of drug-likeness (QED) is 0.534. The summed E-state index contributed by atoms with van der Waals surface area (Å²) in [6.45, 7) is 0. The lowest BCUT2D eigenvalue weighted by molar-refractivity contribution is 0.415. The summed E-state index contributed by atoms with van der Waals surface area (Å²) >= 11 is 1.88. The third-order valence-corrected chi connectivity index (χ3v) is 5.64. The molecule has 0 N–H and O–H groups in total. The highest BCUT2D eigenvalue weighted by molar-refractivity contribution is 7.17. The molecule has 1 aromatic carbocycles. The van der Waals surface area contributed by atoms with Crippen molar-refractivity contribution < 1.29 is 4.74 Å². The Kier molecular flexibility index (Phi) is 1.99. The van der Waals surface area contributed by atoms with E-state index in [0.717, 1.165) is 12.2 Å². The molecule has 0 saturated carbocycles. The molecule has 3 aromatic rings. The number of fused-ring (bicyclic) bond motifs is 7. The molecule has 2 aliphatic rings. The minimum atomic E-state index is 0.915. The van der Waals surface area contributed by atoms with Crippen LogP contribution in [0.2, 0.25) is 0 Å². The molecule has 0 fully saturated rings. The SMILES string of the molecule is COc1ccc2c(c1)-c1nc3sc4c(n3c1C2)CCC4. The monoisotopic (exact) mass is 282 g/mol. The van der Waals surface area contributed by atoms with Crippen molar-refractivity contribution in [1.82, 2.24) is 9.38 Å².